The number of hydrogen-bond donors (Lipinski definition) is 0. The van der Waals surface area contributed by atoms with Crippen molar-refractivity contribution >= 4 is 35.5 Å². The molecule has 0 aromatic heterocycles. The molecule has 0 N–H and O–H groups in total. The molecular formula is C12H10OTe. The van der Waals surface area contributed by atoms with Crippen LogP contribution in [0.5, 0.6) is 0 Å². The third kappa shape index (κ3) is 1.68. The van der Waals surface area contributed by atoms with E-state index in [1.807, 2.05) is 47.4 Å². The van der Waals surface area contributed by atoms with E-state index in [2.05, 4.69) is 0 Å². The molecule has 0 saturated heterocycles. The van der Waals surface area contributed by atoms with Crippen LogP contribution >= 0.6 is 0 Å². The average Bonchev–Trinajstić information content (AvgIpc) is 2.27. The molecule has 0 heterocycles. The van der Waals surface area contributed by atoms with Gasteiger partial charge in [-0.25, -0.2) is 0 Å². The number of rotatable bonds is 2. The first kappa shape index (κ1) is 9.70. The second-order valence-electron chi connectivity index (χ2n) is 3.02. The molecule has 0 amide bonds. The molecule has 0 radical (unpaired) electrons. The second-order valence-corrected chi connectivity index (χ2v) is 5.24. The van der Waals surface area contributed by atoms with E-state index in [1.165, 1.54) is 0 Å². The molecule has 0 bridgehead atoms. The maximum atomic E-state index is 11.7. The average molecular weight is 298 g/mol. The molecule has 0 spiro atoms. The molecule has 70 valence electrons. The topological polar surface area (TPSA) is 17.1 Å². The molecule has 2 rings (SSSR count). The minimum absolute atomic E-state index is 0.340. The second kappa shape index (κ2) is 4.13. The van der Waals surface area contributed by atoms with Crippen LogP contribution in [0.25, 0.3) is 10.8 Å². The van der Waals surface area contributed by atoms with Gasteiger partial charge in [0.15, 0.2) is 0 Å². The zero-order chi connectivity index (χ0) is 9.97. The quantitative estimate of drug-likeness (QED) is 0.779. The number of carbonyl (C=O) groups excluding carboxylic acids is 1. The minimum atomic E-state index is -0.513. The van der Waals surface area contributed by atoms with Crippen LogP contribution in [0.2, 0.25) is 4.97 Å². The Kier molecular flexibility index (Phi) is 2.86. The normalized spacial score (nSPS) is 10.4. The summed E-state index contributed by atoms with van der Waals surface area (Å²) in [6.45, 7) is 0. The van der Waals surface area contributed by atoms with E-state index < -0.39 is 20.9 Å². The zero-order valence-electron chi connectivity index (χ0n) is 7.86. The third-order valence-corrected chi connectivity index (χ3v) is 3.88. The van der Waals surface area contributed by atoms with Crippen LogP contribution < -0.4 is 0 Å². The SMILES string of the molecule is C[Te]C(=O)c1cccc2ccccc12. The van der Waals surface area contributed by atoms with E-state index in [9.17, 15) is 4.79 Å². The summed E-state index contributed by atoms with van der Waals surface area (Å²) in [6, 6.07) is 14.0. The van der Waals surface area contributed by atoms with Gasteiger partial charge in [-0.15, -0.1) is 0 Å². The summed E-state index contributed by atoms with van der Waals surface area (Å²) in [4.78, 5) is 13.7. The Labute approximate surface area is 93.2 Å². The molecule has 0 aliphatic carbocycles. The first-order chi connectivity index (χ1) is 6.83. The van der Waals surface area contributed by atoms with Gasteiger partial charge in [-0.05, 0) is 0 Å². The zero-order valence-corrected chi connectivity index (χ0v) is 10.2. The van der Waals surface area contributed by atoms with Gasteiger partial charge in [0, 0.05) is 0 Å². The van der Waals surface area contributed by atoms with E-state index in [1.54, 1.807) is 0 Å². The van der Waals surface area contributed by atoms with Crippen LogP contribution in [0, 0.1) is 0 Å². The molecular weight excluding hydrogens is 288 g/mol. The maximum absolute atomic E-state index is 11.7. The van der Waals surface area contributed by atoms with Crippen molar-refractivity contribution in [1.82, 2.24) is 0 Å². The van der Waals surface area contributed by atoms with Gasteiger partial charge in [-0.2, -0.15) is 0 Å². The van der Waals surface area contributed by atoms with Gasteiger partial charge >= 0.3 is 93.3 Å². The van der Waals surface area contributed by atoms with Crippen molar-refractivity contribution in [2.24, 2.45) is 0 Å². The summed E-state index contributed by atoms with van der Waals surface area (Å²) < 4.78 is 0.340. The van der Waals surface area contributed by atoms with Gasteiger partial charge < -0.3 is 0 Å². The fraction of sp³-hybridized carbons (Fsp3) is 0.0833. The Bertz CT molecular complexity index is 471. The molecule has 0 fully saturated rings. The van der Waals surface area contributed by atoms with Crippen molar-refractivity contribution < 1.29 is 4.79 Å². The standard InChI is InChI=1S/C12H10OTe/c1-14-12(13)11-8-4-6-9-5-2-3-7-10(9)11/h2-8H,1H3. The van der Waals surface area contributed by atoms with Gasteiger partial charge in [0.05, 0.1) is 0 Å². The van der Waals surface area contributed by atoms with Gasteiger partial charge in [-0.3, -0.25) is 0 Å². The number of fused-ring (bicyclic) bond motifs is 1. The van der Waals surface area contributed by atoms with E-state index in [0.717, 1.165) is 16.3 Å². The summed E-state index contributed by atoms with van der Waals surface area (Å²) in [5.41, 5.74) is 0.896. The van der Waals surface area contributed by atoms with Crippen LogP contribution in [0.4, 0.5) is 0 Å². The van der Waals surface area contributed by atoms with E-state index >= 15 is 0 Å². The summed E-state index contributed by atoms with van der Waals surface area (Å²) in [6.07, 6.45) is 0. The molecule has 0 unspecified atom stereocenters. The molecule has 2 aromatic carbocycles. The van der Waals surface area contributed by atoms with Crippen molar-refractivity contribution in [2.45, 2.75) is 4.97 Å². The molecule has 0 atom stereocenters. The molecule has 0 aliphatic heterocycles. The van der Waals surface area contributed by atoms with Gasteiger partial charge in [0.25, 0.3) is 0 Å². The van der Waals surface area contributed by atoms with E-state index in [0.29, 0.717) is 3.83 Å². The third-order valence-electron chi connectivity index (χ3n) is 2.19. The Morgan fingerprint density at radius 3 is 2.57 bits per heavy atom. The monoisotopic (exact) mass is 300 g/mol. The summed E-state index contributed by atoms with van der Waals surface area (Å²) >= 11 is -0.513. The van der Waals surface area contributed by atoms with Gasteiger partial charge in [0.2, 0.25) is 0 Å². The van der Waals surface area contributed by atoms with Gasteiger partial charge in [-0.1, -0.05) is 0 Å². The molecule has 2 aromatic rings. The Morgan fingerprint density at radius 1 is 1.07 bits per heavy atom. The van der Waals surface area contributed by atoms with Crippen LogP contribution in [-0.4, -0.2) is 24.8 Å². The molecule has 1 nitrogen and oxygen atoms in total. The number of carbonyl (C=O) groups is 1. The molecule has 0 saturated carbocycles. The van der Waals surface area contributed by atoms with Crippen LogP contribution in [0.15, 0.2) is 42.5 Å². The van der Waals surface area contributed by atoms with Crippen LogP contribution in [0.3, 0.4) is 0 Å². The van der Waals surface area contributed by atoms with Crippen molar-refractivity contribution in [1.29, 1.82) is 0 Å². The Morgan fingerprint density at radius 2 is 1.79 bits per heavy atom. The van der Waals surface area contributed by atoms with Crippen molar-refractivity contribution in [3.05, 3.63) is 48.0 Å². The van der Waals surface area contributed by atoms with E-state index in [4.69, 9.17) is 0 Å². The van der Waals surface area contributed by atoms with Crippen LogP contribution in [-0.2, 0) is 0 Å². The molecule has 2 heteroatoms. The van der Waals surface area contributed by atoms with Crippen molar-refractivity contribution in [3.8, 4) is 0 Å². The Hall–Kier alpha value is -0.840. The molecule has 0 aliphatic rings. The van der Waals surface area contributed by atoms with Crippen molar-refractivity contribution in [3.63, 3.8) is 0 Å². The number of hydrogen-bond acceptors (Lipinski definition) is 1. The predicted octanol–water partition coefficient (Wildman–Crippen LogP) is 2.73. The van der Waals surface area contributed by atoms with E-state index in [-0.39, 0.29) is 0 Å². The summed E-state index contributed by atoms with van der Waals surface area (Å²) in [7, 11) is 0. The van der Waals surface area contributed by atoms with Crippen LogP contribution in [0.1, 0.15) is 10.4 Å². The van der Waals surface area contributed by atoms with Gasteiger partial charge in [0.1, 0.15) is 0 Å². The predicted molar refractivity (Wildman–Crippen MR) is 59.9 cm³/mol. The first-order valence-corrected chi connectivity index (χ1v) is 7.88. The molecule has 14 heavy (non-hydrogen) atoms. The summed E-state index contributed by atoms with van der Waals surface area (Å²) in [5.74, 6) is 0. The summed E-state index contributed by atoms with van der Waals surface area (Å²) in [5, 5.41) is 2.24. The van der Waals surface area contributed by atoms with Crippen molar-refractivity contribution in [2.75, 3.05) is 0 Å². The number of benzene rings is 2. The first-order valence-electron chi connectivity index (χ1n) is 4.39. The fourth-order valence-corrected chi connectivity index (χ4v) is 2.65. The fourth-order valence-electron chi connectivity index (χ4n) is 1.51. The Balaban J connectivity index is 2.71.